The molecule has 2 unspecified atom stereocenters. The normalized spacial score (nSPS) is 33.6. The second kappa shape index (κ2) is 4.13. The van der Waals surface area contributed by atoms with E-state index in [0.29, 0.717) is 5.92 Å². The molecule has 0 radical (unpaired) electrons. The standard InChI is InChI=1S/C12H21N/c1-4-11-5-6-12(8-11,9-13)7-10(2)3/h10-11H,4-8H2,1-3H3. The van der Waals surface area contributed by atoms with Crippen molar-refractivity contribution in [2.24, 2.45) is 17.3 Å². The van der Waals surface area contributed by atoms with Crippen LogP contribution in [0.1, 0.15) is 52.9 Å². The van der Waals surface area contributed by atoms with Gasteiger partial charge in [0.15, 0.2) is 0 Å². The van der Waals surface area contributed by atoms with Gasteiger partial charge in [0.2, 0.25) is 0 Å². The summed E-state index contributed by atoms with van der Waals surface area (Å²) in [5.74, 6) is 1.48. The largest absolute Gasteiger partial charge is 0.198 e. The number of hydrogen-bond donors (Lipinski definition) is 0. The van der Waals surface area contributed by atoms with Gasteiger partial charge in [-0.25, -0.2) is 0 Å². The monoisotopic (exact) mass is 179 g/mol. The fraction of sp³-hybridized carbons (Fsp3) is 0.917. The Labute approximate surface area is 82.1 Å². The molecule has 0 aromatic carbocycles. The van der Waals surface area contributed by atoms with Crippen molar-refractivity contribution in [2.75, 3.05) is 0 Å². The van der Waals surface area contributed by atoms with Crippen LogP contribution < -0.4 is 0 Å². The van der Waals surface area contributed by atoms with Gasteiger partial charge in [0.25, 0.3) is 0 Å². The van der Waals surface area contributed by atoms with E-state index in [9.17, 15) is 5.26 Å². The van der Waals surface area contributed by atoms with E-state index >= 15 is 0 Å². The Kier molecular flexibility index (Phi) is 3.36. The van der Waals surface area contributed by atoms with Gasteiger partial charge in [0.05, 0.1) is 11.5 Å². The van der Waals surface area contributed by atoms with E-state index in [4.69, 9.17) is 0 Å². The first-order valence-electron chi connectivity index (χ1n) is 5.53. The molecule has 13 heavy (non-hydrogen) atoms. The minimum Gasteiger partial charge on any atom is -0.198 e. The maximum Gasteiger partial charge on any atom is 0.0689 e. The van der Waals surface area contributed by atoms with Crippen molar-refractivity contribution >= 4 is 0 Å². The van der Waals surface area contributed by atoms with Crippen LogP contribution in [-0.2, 0) is 0 Å². The van der Waals surface area contributed by atoms with Gasteiger partial charge < -0.3 is 0 Å². The van der Waals surface area contributed by atoms with Gasteiger partial charge >= 0.3 is 0 Å². The van der Waals surface area contributed by atoms with Crippen molar-refractivity contribution in [1.82, 2.24) is 0 Å². The van der Waals surface area contributed by atoms with Gasteiger partial charge in [0, 0.05) is 0 Å². The summed E-state index contributed by atoms with van der Waals surface area (Å²) in [5, 5.41) is 9.23. The van der Waals surface area contributed by atoms with Crippen LogP contribution in [0.5, 0.6) is 0 Å². The molecule has 1 rings (SSSR count). The summed E-state index contributed by atoms with van der Waals surface area (Å²) in [5.41, 5.74) is 0.0366. The fourth-order valence-electron chi connectivity index (χ4n) is 2.70. The van der Waals surface area contributed by atoms with Gasteiger partial charge in [0.1, 0.15) is 0 Å². The molecule has 2 atom stereocenters. The van der Waals surface area contributed by atoms with Gasteiger partial charge in [-0.15, -0.1) is 0 Å². The van der Waals surface area contributed by atoms with Crippen LogP contribution in [0.25, 0.3) is 0 Å². The average Bonchev–Trinajstić information content (AvgIpc) is 2.48. The van der Waals surface area contributed by atoms with Crippen molar-refractivity contribution in [3.05, 3.63) is 0 Å². The Morgan fingerprint density at radius 1 is 1.54 bits per heavy atom. The maximum atomic E-state index is 9.23. The Bertz CT molecular complexity index is 202. The van der Waals surface area contributed by atoms with Gasteiger partial charge in [-0.2, -0.15) is 5.26 Å². The predicted octanol–water partition coefficient (Wildman–Crippen LogP) is 3.75. The Morgan fingerprint density at radius 3 is 2.62 bits per heavy atom. The summed E-state index contributed by atoms with van der Waals surface area (Å²) in [6.07, 6.45) is 5.91. The zero-order valence-electron chi connectivity index (χ0n) is 9.14. The molecule has 1 aliphatic rings. The van der Waals surface area contributed by atoms with Crippen molar-refractivity contribution in [1.29, 1.82) is 5.26 Å². The molecular formula is C12H21N. The molecule has 0 aromatic rings. The van der Waals surface area contributed by atoms with Crippen molar-refractivity contribution in [3.63, 3.8) is 0 Å². The quantitative estimate of drug-likeness (QED) is 0.647. The zero-order chi connectivity index (χ0) is 9.90. The molecule has 0 amide bonds. The molecule has 1 nitrogen and oxygen atoms in total. The Morgan fingerprint density at radius 2 is 2.23 bits per heavy atom. The predicted molar refractivity (Wildman–Crippen MR) is 55.1 cm³/mol. The molecule has 0 bridgehead atoms. The molecule has 0 aliphatic heterocycles. The van der Waals surface area contributed by atoms with E-state index in [2.05, 4.69) is 26.8 Å². The highest BCUT2D eigenvalue weighted by Crippen LogP contribution is 2.46. The van der Waals surface area contributed by atoms with E-state index in [1.165, 1.54) is 12.8 Å². The highest BCUT2D eigenvalue weighted by Gasteiger charge is 2.38. The van der Waals surface area contributed by atoms with Gasteiger partial charge in [-0.3, -0.25) is 0 Å². The van der Waals surface area contributed by atoms with E-state index in [0.717, 1.165) is 25.2 Å². The SMILES string of the molecule is CCC1CCC(C#N)(CC(C)C)C1. The van der Waals surface area contributed by atoms with E-state index < -0.39 is 0 Å². The first kappa shape index (κ1) is 10.6. The molecule has 0 spiro atoms. The third-order valence-corrected chi connectivity index (χ3v) is 3.32. The first-order chi connectivity index (χ1) is 6.12. The van der Waals surface area contributed by atoms with Crippen molar-refractivity contribution in [3.8, 4) is 6.07 Å². The van der Waals surface area contributed by atoms with Crippen LogP contribution in [0.4, 0.5) is 0 Å². The van der Waals surface area contributed by atoms with E-state index in [1.807, 2.05) is 0 Å². The van der Waals surface area contributed by atoms with Crippen LogP contribution in [-0.4, -0.2) is 0 Å². The van der Waals surface area contributed by atoms with Crippen LogP contribution in [0.3, 0.4) is 0 Å². The summed E-state index contributed by atoms with van der Waals surface area (Å²) >= 11 is 0. The fourth-order valence-corrected chi connectivity index (χ4v) is 2.70. The number of nitrogens with zero attached hydrogens (tertiary/aromatic N) is 1. The van der Waals surface area contributed by atoms with E-state index in [-0.39, 0.29) is 5.41 Å². The summed E-state index contributed by atoms with van der Waals surface area (Å²) in [6, 6.07) is 2.57. The number of nitriles is 1. The molecule has 74 valence electrons. The third-order valence-electron chi connectivity index (χ3n) is 3.32. The maximum absolute atomic E-state index is 9.23. The molecule has 1 saturated carbocycles. The highest BCUT2D eigenvalue weighted by molar-refractivity contribution is 5.04. The topological polar surface area (TPSA) is 23.8 Å². The first-order valence-corrected chi connectivity index (χ1v) is 5.53. The summed E-state index contributed by atoms with van der Waals surface area (Å²) in [7, 11) is 0. The second-order valence-electron chi connectivity index (χ2n) is 5.01. The van der Waals surface area contributed by atoms with E-state index in [1.54, 1.807) is 0 Å². The van der Waals surface area contributed by atoms with Crippen molar-refractivity contribution in [2.45, 2.75) is 52.9 Å². The average molecular weight is 179 g/mol. The molecular weight excluding hydrogens is 158 g/mol. The van der Waals surface area contributed by atoms with Gasteiger partial charge in [-0.1, -0.05) is 27.2 Å². The number of rotatable bonds is 3. The van der Waals surface area contributed by atoms with Gasteiger partial charge in [-0.05, 0) is 37.5 Å². The van der Waals surface area contributed by atoms with Crippen molar-refractivity contribution < 1.29 is 0 Å². The summed E-state index contributed by atoms with van der Waals surface area (Å²) < 4.78 is 0. The lowest BCUT2D eigenvalue weighted by atomic mass is 9.79. The second-order valence-corrected chi connectivity index (χ2v) is 5.01. The zero-order valence-corrected chi connectivity index (χ0v) is 9.14. The lowest BCUT2D eigenvalue weighted by Crippen LogP contribution is -2.17. The lowest BCUT2D eigenvalue weighted by Gasteiger charge is -2.22. The minimum absolute atomic E-state index is 0.0366. The molecule has 0 N–H and O–H groups in total. The molecule has 1 heteroatoms. The third kappa shape index (κ3) is 2.46. The highest BCUT2D eigenvalue weighted by atomic mass is 14.4. The lowest BCUT2D eigenvalue weighted by molar-refractivity contribution is 0.307. The van der Waals surface area contributed by atoms with Crippen LogP contribution in [0.15, 0.2) is 0 Å². The number of hydrogen-bond acceptors (Lipinski definition) is 1. The smallest absolute Gasteiger partial charge is 0.0689 e. The molecule has 0 aromatic heterocycles. The molecule has 0 saturated heterocycles. The summed E-state index contributed by atoms with van der Waals surface area (Å²) in [6.45, 7) is 6.68. The molecule has 1 fully saturated rings. The van der Waals surface area contributed by atoms with Crippen LogP contribution in [0.2, 0.25) is 0 Å². The molecule has 1 aliphatic carbocycles. The summed E-state index contributed by atoms with van der Waals surface area (Å²) in [4.78, 5) is 0. The molecule has 0 heterocycles. The van der Waals surface area contributed by atoms with Crippen LogP contribution >= 0.6 is 0 Å². The van der Waals surface area contributed by atoms with Crippen LogP contribution in [0, 0.1) is 28.6 Å². The Balaban J connectivity index is 2.58. The Hall–Kier alpha value is -0.510. The minimum atomic E-state index is 0.0366.